The largest absolute Gasteiger partial charge is 0.456 e. The summed E-state index contributed by atoms with van der Waals surface area (Å²) in [5.74, 6) is -2.44. The van der Waals surface area contributed by atoms with Crippen LogP contribution in [0.2, 0.25) is 0 Å². The molecule has 0 aromatic carbocycles. The van der Waals surface area contributed by atoms with Gasteiger partial charge in [0.1, 0.15) is 29.9 Å². The molecule has 2 aliphatic rings. The maximum Gasteiger partial charge on any atom is 0.329 e. The van der Waals surface area contributed by atoms with E-state index >= 15 is 0 Å². The molecular weight excluding hydrogens is 484 g/mol. The average molecular weight is 523 g/mol. The maximum absolute atomic E-state index is 13.2. The molecule has 2 rings (SSSR count). The minimum absolute atomic E-state index is 0.0377. The van der Waals surface area contributed by atoms with Crippen molar-refractivity contribution in [1.82, 2.24) is 21.3 Å². The predicted molar refractivity (Wildman–Crippen MR) is 138 cm³/mol. The Kier molecular flexibility index (Phi) is 11.5. The van der Waals surface area contributed by atoms with Gasteiger partial charge in [-0.15, -0.1) is 0 Å². The number of allylic oxidation sites excluding steroid dienone is 2. The van der Waals surface area contributed by atoms with Crippen LogP contribution in [0, 0.1) is 11.8 Å². The van der Waals surface area contributed by atoms with Crippen LogP contribution < -0.4 is 21.3 Å². The van der Waals surface area contributed by atoms with Crippen LogP contribution in [0.1, 0.15) is 53.9 Å². The third-order valence-corrected chi connectivity index (χ3v) is 6.99. The van der Waals surface area contributed by atoms with Crippen LogP contribution >= 0.6 is 11.8 Å². The number of fused-ring (bicyclic) bond motifs is 7. The fourth-order valence-electron chi connectivity index (χ4n) is 3.72. The number of carbonyl (C=O) groups excluding carboxylic acids is 5. The number of nitrogens with one attached hydrogen (secondary N) is 4. The molecule has 0 aromatic rings. The molecule has 0 saturated carbocycles. The van der Waals surface area contributed by atoms with Crippen LogP contribution in [-0.4, -0.2) is 65.3 Å². The van der Waals surface area contributed by atoms with Crippen molar-refractivity contribution in [2.24, 2.45) is 11.8 Å². The standard InChI is InChI=1S/C25H38N4O6S/c1-6-17-22(31)29-21(15(4)5)25(34)35-16-10-8-7-9-11-36-13-18(23(32)26-17)27-24(33)20(14(2)3)28-19(30)12-16/h6,8,10,14-16,18,20-21H,7,9,11-13H2,1-5H3,(H,26,32)(H,27,33)(H,28,30)(H,29,31)/b10-8+,17-6-/t16-,18-,20-,21+/m1/s1. The number of carbonyl (C=O) groups is 5. The molecule has 36 heavy (non-hydrogen) atoms. The molecule has 11 heteroatoms. The summed E-state index contributed by atoms with van der Waals surface area (Å²) in [5, 5.41) is 10.7. The van der Waals surface area contributed by atoms with Crippen molar-refractivity contribution in [1.29, 1.82) is 0 Å². The van der Waals surface area contributed by atoms with E-state index < -0.39 is 53.8 Å². The zero-order valence-corrected chi connectivity index (χ0v) is 22.4. The van der Waals surface area contributed by atoms with Crippen LogP contribution in [0.5, 0.6) is 0 Å². The number of rotatable bonds is 2. The molecule has 0 aliphatic carbocycles. The molecule has 0 aromatic heterocycles. The Morgan fingerprint density at radius 2 is 1.67 bits per heavy atom. The van der Waals surface area contributed by atoms with E-state index in [0.717, 1.165) is 12.2 Å². The normalized spacial score (nSPS) is 29.6. The first-order valence-corrected chi connectivity index (χ1v) is 13.5. The van der Waals surface area contributed by atoms with E-state index in [9.17, 15) is 24.0 Å². The maximum atomic E-state index is 13.2. The number of amides is 4. The van der Waals surface area contributed by atoms with Crippen molar-refractivity contribution in [3.8, 4) is 0 Å². The summed E-state index contributed by atoms with van der Waals surface area (Å²) in [6, 6.07) is -2.83. The van der Waals surface area contributed by atoms with Crippen LogP contribution in [0.25, 0.3) is 0 Å². The molecule has 2 heterocycles. The van der Waals surface area contributed by atoms with Gasteiger partial charge in [-0.1, -0.05) is 39.8 Å². The SMILES string of the molecule is C/C=C1\NC(=O)[C@H]2CSCCC/C=C/[C@H](CC(=O)N[C@H](C(C)C)C(=O)N2)OC(=O)[C@H](C(C)C)NC1=O. The van der Waals surface area contributed by atoms with Crippen molar-refractivity contribution < 1.29 is 28.7 Å². The summed E-state index contributed by atoms with van der Waals surface area (Å²) in [6.45, 7) is 8.68. The molecule has 2 aliphatic heterocycles. The molecule has 1 saturated heterocycles. The van der Waals surface area contributed by atoms with E-state index in [0.29, 0.717) is 6.42 Å². The van der Waals surface area contributed by atoms with Gasteiger partial charge < -0.3 is 26.0 Å². The molecule has 4 atom stereocenters. The van der Waals surface area contributed by atoms with Gasteiger partial charge >= 0.3 is 5.97 Å². The summed E-state index contributed by atoms with van der Waals surface area (Å²) in [7, 11) is 0. The fraction of sp³-hybridized carbons (Fsp3) is 0.640. The lowest BCUT2D eigenvalue weighted by atomic mass is 10.0. The van der Waals surface area contributed by atoms with Gasteiger partial charge in [0.2, 0.25) is 17.7 Å². The summed E-state index contributed by atoms with van der Waals surface area (Å²) >= 11 is 1.50. The summed E-state index contributed by atoms with van der Waals surface area (Å²) < 4.78 is 5.66. The molecular formula is C25H38N4O6S. The molecule has 2 bridgehead atoms. The van der Waals surface area contributed by atoms with E-state index in [2.05, 4.69) is 21.3 Å². The Labute approximate surface area is 216 Å². The van der Waals surface area contributed by atoms with Crippen molar-refractivity contribution >= 4 is 41.4 Å². The topological polar surface area (TPSA) is 143 Å². The lowest BCUT2D eigenvalue weighted by Crippen LogP contribution is -2.57. The van der Waals surface area contributed by atoms with E-state index in [1.165, 1.54) is 17.8 Å². The van der Waals surface area contributed by atoms with E-state index in [-0.39, 0.29) is 29.7 Å². The quantitative estimate of drug-likeness (QED) is 0.242. The molecule has 200 valence electrons. The van der Waals surface area contributed by atoms with Gasteiger partial charge in [0.25, 0.3) is 5.91 Å². The lowest BCUT2D eigenvalue weighted by Gasteiger charge is -2.27. The third kappa shape index (κ3) is 8.69. The van der Waals surface area contributed by atoms with Gasteiger partial charge in [0.15, 0.2) is 0 Å². The van der Waals surface area contributed by atoms with Crippen molar-refractivity contribution in [2.45, 2.75) is 78.1 Å². The highest BCUT2D eigenvalue weighted by Gasteiger charge is 2.33. The van der Waals surface area contributed by atoms with Crippen molar-refractivity contribution in [2.75, 3.05) is 11.5 Å². The van der Waals surface area contributed by atoms with Gasteiger partial charge in [0, 0.05) is 5.75 Å². The molecule has 0 radical (unpaired) electrons. The molecule has 0 spiro atoms. The zero-order chi connectivity index (χ0) is 26.8. The molecule has 4 N–H and O–H groups in total. The van der Waals surface area contributed by atoms with Crippen LogP contribution in [0.4, 0.5) is 0 Å². The third-order valence-electron chi connectivity index (χ3n) is 5.85. The summed E-state index contributed by atoms with van der Waals surface area (Å²) in [4.78, 5) is 65.2. The lowest BCUT2D eigenvalue weighted by molar-refractivity contribution is -0.153. The number of hydrogen-bond donors (Lipinski definition) is 4. The second-order valence-electron chi connectivity index (χ2n) is 9.56. The van der Waals surface area contributed by atoms with E-state index in [1.807, 2.05) is 6.08 Å². The van der Waals surface area contributed by atoms with Gasteiger partial charge in [0.05, 0.1) is 6.42 Å². The average Bonchev–Trinajstić information content (AvgIpc) is 2.81. The van der Waals surface area contributed by atoms with Crippen molar-refractivity contribution in [3.63, 3.8) is 0 Å². The molecule has 10 nitrogen and oxygen atoms in total. The first-order chi connectivity index (χ1) is 17.0. The Bertz CT molecular complexity index is 901. The Morgan fingerprint density at radius 3 is 2.31 bits per heavy atom. The Hall–Kier alpha value is -2.82. The number of thioether (sulfide) groups is 1. The smallest absolute Gasteiger partial charge is 0.329 e. The highest BCUT2D eigenvalue weighted by Crippen LogP contribution is 2.14. The minimum atomic E-state index is -0.999. The number of hydrogen-bond acceptors (Lipinski definition) is 7. The second-order valence-corrected chi connectivity index (χ2v) is 10.7. The van der Waals surface area contributed by atoms with Gasteiger partial charge in [-0.05, 0) is 43.4 Å². The predicted octanol–water partition coefficient (Wildman–Crippen LogP) is 1.17. The molecule has 0 unspecified atom stereocenters. The monoisotopic (exact) mass is 522 g/mol. The van der Waals surface area contributed by atoms with Crippen molar-refractivity contribution in [3.05, 3.63) is 23.9 Å². The molecule has 1 fully saturated rings. The minimum Gasteiger partial charge on any atom is -0.456 e. The summed E-state index contributed by atoms with van der Waals surface area (Å²) in [6.07, 6.45) is 5.39. The van der Waals surface area contributed by atoms with Gasteiger partial charge in [-0.25, -0.2) is 4.79 Å². The van der Waals surface area contributed by atoms with Gasteiger partial charge in [-0.3, -0.25) is 19.2 Å². The Morgan fingerprint density at radius 1 is 0.972 bits per heavy atom. The summed E-state index contributed by atoms with van der Waals surface area (Å²) in [5.41, 5.74) is -0.0377. The number of esters is 1. The number of ether oxygens (including phenoxy) is 1. The first-order valence-electron chi connectivity index (χ1n) is 12.4. The highest BCUT2D eigenvalue weighted by atomic mass is 32.2. The second kappa shape index (κ2) is 14.1. The van der Waals surface area contributed by atoms with Crippen LogP contribution in [0.15, 0.2) is 23.9 Å². The van der Waals surface area contributed by atoms with E-state index in [4.69, 9.17) is 4.74 Å². The van der Waals surface area contributed by atoms with E-state index in [1.54, 1.807) is 40.7 Å². The first kappa shape index (κ1) is 29.4. The highest BCUT2D eigenvalue weighted by molar-refractivity contribution is 7.99. The molecule has 4 amide bonds. The van der Waals surface area contributed by atoms with Crippen LogP contribution in [0.3, 0.4) is 0 Å². The van der Waals surface area contributed by atoms with Gasteiger partial charge in [-0.2, -0.15) is 11.8 Å². The Balaban J connectivity index is 2.55. The fourth-order valence-corrected chi connectivity index (χ4v) is 4.72. The zero-order valence-electron chi connectivity index (χ0n) is 21.6. The van der Waals surface area contributed by atoms with Crippen LogP contribution in [-0.2, 0) is 28.7 Å².